The Morgan fingerprint density at radius 1 is 1.45 bits per heavy atom. The van der Waals surface area contributed by atoms with Crippen LogP contribution < -0.4 is 5.32 Å². The van der Waals surface area contributed by atoms with Gasteiger partial charge in [0, 0.05) is 19.6 Å². The number of nitrogens with one attached hydrogen (secondary N) is 1. The van der Waals surface area contributed by atoms with Gasteiger partial charge >= 0.3 is 18.0 Å². The lowest BCUT2D eigenvalue weighted by atomic mass is 9.85. The molecule has 2 unspecified atom stereocenters. The molecule has 0 saturated heterocycles. The topological polar surface area (TPSA) is 95.9 Å². The van der Waals surface area contributed by atoms with Crippen molar-refractivity contribution in [1.29, 1.82) is 0 Å². The maximum Gasteiger partial charge on any atom is 0.317 e. The third-order valence-electron chi connectivity index (χ3n) is 3.97. The minimum atomic E-state index is -0.918. The lowest BCUT2D eigenvalue weighted by molar-refractivity contribution is -0.148. The van der Waals surface area contributed by atoms with Crippen molar-refractivity contribution in [1.82, 2.24) is 10.2 Å². The second kappa shape index (κ2) is 6.58. The van der Waals surface area contributed by atoms with Crippen molar-refractivity contribution in [2.45, 2.75) is 38.6 Å². The number of aliphatic carboxylic acids is 1. The van der Waals surface area contributed by atoms with Crippen molar-refractivity contribution < 1.29 is 24.2 Å². The highest BCUT2D eigenvalue weighted by Crippen LogP contribution is 2.38. The van der Waals surface area contributed by atoms with Crippen LogP contribution in [0.1, 0.15) is 32.6 Å². The zero-order valence-corrected chi connectivity index (χ0v) is 12.1. The molecule has 1 rings (SSSR count). The number of hydrogen-bond acceptors (Lipinski definition) is 4. The van der Waals surface area contributed by atoms with Gasteiger partial charge in [-0.2, -0.15) is 0 Å². The minimum absolute atomic E-state index is 0.112. The number of carbonyl (C=O) groups excluding carboxylic acids is 2. The van der Waals surface area contributed by atoms with Gasteiger partial charge in [-0.3, -0.25) is 9.59 Å². The fraction of sp³-hybridized carbons (Fsp3) is 0.769. The Kier molecular flexibility index (Phi) is 5.35. The number of urea groups is 1. The first kappa shape index (κ1) is 16.3. The van der Waals surface area contributed by atoms with Gasteiger partial charge in [0.25, 0.3) is 0 Å². The zero-order valence-electron chi connectivity index (χ0n) is 12.1. The smallest absolute Gasteiger partial charge is 0.317 e. The van der Waals surface area contributed by atoms with Crippen molar-refractivity contribution in [2.24, 2.45) is 5.41 Å². The van der Waals surface area contributed by atoms with Gasteiger partial charge < -0.3 is 20.1 Å². The summed E-state index contributed by atoms with van der Waals surface area (Å²) in [5.74, 6) is -1.28. The first-order chi connectivity index (χ1) is 9.31. The maximum absolute atomic E-state index is 12.0. The molecule has 0 aromatic heterocycles. The Labute approximate surface area is 118 Å². The number of carboxylic acids is 1. The molecule has 0 spiro atoms. The molecule has 0 aromatic carbocycles. The molecule has 2 N–H and O–H groups in total. The van der Waals surface area contributed by atoms with E-state index >= 15 is 0 Å². The second-order valence-corrected chi connectivity index (χ2v) is 5.36. The third kappa shape index (κ3) is 3.61. The summed E-state index contributed by atoms with van der Waals surface area (Å²) in [6.07, 6.45) is 2.10. The van der Waals surface area contributed by atoms with Crippen LogP contribution >= 0.6 is 0 Å². The fourth-order valence-electron chi connectivity index (χ4n) is 2.38. The van der Waals surface area contributed by atoms with Crippen LogP contribution in [0.25, 0.3) is 0 Å². The molecule has 2 amide bonds. The molecule has 0 aromatic rings. The predicted molar refractivity (Wildman–Crippen MR) is 71.2 cm³/mol. The largest absolute Gasteiger partial charge is 0.481 e. The van der Waals surface area contributed by atoms with Crippen molar-refractivity contribution in [3.8, 4) is 0 Å². The highest BCUT2D eigenvalue weighted by Gasteiger charge is 2.46. The summed E-state index contributed by atoms with van der Waals surface area (Å²) >= 11 is 0. The molecule has 20 heavy (non-hydrogen) atoms. The monoisotopic (exact) mass is 286 g/mol. The summed E-state index contributed by atoms with van der Waals surface area (Å²) < 4.78 is 4.50. The first-order valence-electron chi connectivity index (χ1n) is 6.63. The average molecular weight is 286 g/mol. The average Bonchev–Trinajstić information content (AvgIpc) is 2.78. The SMILES string of the molecule is COC(=O)CCN(C)C(=O)NC1CCCC1(C)C(=O)O. The number of carboxylic acid groups (broad SMARTS) is 1. The van der Waals surface area contributed by atoms with Gasteiger partial charge in [0.15, 0.2) is 0 Å². The zero-order chi connectivity index (χ0) is 15.3. The van der Waals surface area contributed by atoms with Crippen molar-refractivity contribution >= 4 is 18.0 Å². The van der Waals surface area contributed by atoms with Gasteiger partial charge in [-0.05, 0) is 19.8 Å². The molecule has 1 aliphatic carbocycles. The summed E-state index contributed by atoms with van der Waals surface area (Å²) in [4.78, 5) is 35.7. The van der Waals surface area contributed by atoms with Gasteiger partial charge in [-0.15, -0.1) is 0 Å². The predicted octanol–water partition coefficient (Wildman–Crippen LogP) is 0.834. The highest BCUT2D eigenvalue weighted by atomic mass is 16.5. The Morgan fingerprint density at radius 2 is 2.10 bits per heavy atom. The van der Waals surface area contributed by atoms with E-state index in [-0.39, 0.29) is 31.0 Å². The number of amides is 2. The number of nitrogens with zero attached hydrogens (tertiary/aromatic N) is 1. The number of esters is 1. The Balaban J connectivity index is 2.53. The normalized spacial score (nSPS) is 25.1. The summed E-state index contributed by atoms with van der Waals surface area (Å²) in [5, 5.41) is 12.0. The Hall–Kier alpha value is -1.79. The Morgan fingerprint density at radius 3 is 2.65 bits per heavy atom. The van der Waals surface area contributed by atoms with Gasteiger partial charge in [0.2, 0.25) is 0 Å². The minimum Gasteiger partial charge on any atom is -0.481 e. The molecular weight excluding hydrogens is 264 g/mol. The van der Waals surface area contributed by atoms with Gasteiger partial charge in [-0.25, -0.2) is 4.79 Å². The van der Waals surface area contributed by atoms with E-state index in [1.807, 2.05) is 0 Å². The Bertz CT molecular complexity index is 398. The number of methoxy groups -OCH3 is 1. The molecule has 1 saturated carbocycles. The molecule has 7 nitrogen and oxygen atoms in total. The lowest BCUT2D eigenvalue weighted by Crippen LogP contribution is -2.50. The molecule has 7 heteroatoms. The molecule has 0 aliphatic heterocycles. The van der Waals surface area contributed by atoms with E-state index in [0.717, 1.165) is 6.42 Å². The summed E-state index contributed by atoms with van der Waals surface area (Å²) in [7, 11) is 2.85. The number of carbonyl (C=O) groups is 3. The van der Waals surface area contributed by atoms with Crippen LogP contribution in [0.3, 0.4) is 0 Å². The van der Waals surface area contributed by atoms with E-state index in [0.29, 0.717) is 12.8 Å². The van der Waals surface area contributed by atoms with Gasteiger partial charge in [0.05, 0.1) is 18.9 Å². The van der Waals surface area contributed by atoms with Crippen LogP contribution in [0.15, 0.2) is 0 Å². The number of hydrogen-bond donors (Lipinski definition) is 2. The molecule has 0 bridgehead atoms. The van der Waals surface area contributed by atoms with Crippen molar-refractivity contribution in [3.05, 3.63) is 0 Å². The summed E-state index contributed by atoms with van der Waals surface area (Å²) in [5.41, 5.74) is -0.918. The van der Waals surface area contributed by atoms with Crippen LogP contribution in [0, 0.1) is 5.41 Å². The molecule has 1 aliphatic rings. The van der Waals surface area contributed by atoms with E-state index < -0.39 is 11.4 Å². The molecule has 1 fully saturated rings. The van der Waals surface area contributed by atoms with E-state index in [9.17, 15) is 19.5 Å². The van der Waals surface area contributed by atoms with Crippen molar-refractivity contribution in [2.75, 3.05) is 20.7 Å². The standard InChI is InChI=1S/C13H22N2O5/c1-13(11(17)18)7-4-5-9(13)14-12(19)15(2)8-6-10(16)20-3/h9H,4-8H2,1-3H3,(H,14,19)(H,17,18). The highest BCUT2D eigenvalue weighted by molar-refractivity contribution is 5.79. The third-order valence-corrected chi connectivity index (χ3v) is 3.97. The van der Waals surface area contributed by atoms with Gasteiger partial charge in [-0.1, -0.05) is 6.42 Å². The van der Waals surface area contributed by atoms with Crippen LogP contribution in [-0.2, 0) is 14.3 Å². The summed E-state index contributed by atoms with van der Waals surface area (Å²) in [6.45, 7) is 1.89. The van der Waals surface area contributed by atoms with Crippen molar-refractivity contribution in [3.63, 3.8) is 0 Å². The van der Waals surface area contributed by atoms with Crippen LogP contribution in [0.5, 0.6) is 0 Å². The van der Waals surface area contributed by atoms with Crippen LogP contribution in [0.2, 0.25) is 0 Å². The quantitative estimate of drug-likeness (QED) is 0.730. The molecular formula is C13H22N2O5. The van der Waals surface area contributed by atoms with Gasteiger partial charge in [0.1, 0.15) is 0 Å². The molecule has 2 atom stereocenters. The number of ether oxygens (including phenoxy) is 1. The lowest BCUT2D eigenvalue weighted by Gasteiger charge is -2.29. The summed E-state index contributed by atoms with van der Waals surface area (Å²) in [6, 6.07) is -0.749. The maximum atomic E-state index is 12.0. The fourth-order valence-corrected chi connectivity index (χ4v) is 2.38. The molecule has 114 valence electrons. The van der Waals surface area contributed by atoms with E-state index in [4.69, 9.17) is 0 Å². The first-order valence-corrected chi connectivity index (χ1v) is 6.63. The van der Waals surface area contributed by atoms with E-state index in [1.54, 1.807) is 14.0 Å². The van der Waals surface area contributed by atoms with E-state index in [1.165, 1.54) is 12.0 Å². The second-order valence-electron chi connectivity index (χ2n) is 5.36. The van der Waals surface area contributed by atoms with Crippen LogP contribution in [0.4, 0.5) is 4.79 Å². The number of rotatable bonds is 5. The molecule has 0 radical (unpaired) electrons. The van der Waals surface area contributed by atoms with E-state index in [2.05, 4.69) is 10.1 Å². The molecule has 0 heterocycles. The van der Waals surface area contributed by atoms with Crippen LogP contribution in [-0.4, -0.2) is 54.7 Å².